The molecule has 1 unspecified atom stereocenters. The molecule has 0 aliphatic rings. The highest BCUT2D eigenvalue weighted by atomic mass is 32.1. The van der Waals surface area contributed by atoms with E-state index in [-0.39, 0.29) is 17.1 Å². The maximum atomic E-state index is 13.7. The number of amides is 1. The number of rotatable bonds is 7. The third kappa shape index (κ3) is 5.00. The quantitative estimate of drug-likeness (QED) is 0.364. The monoisotopic (exact) mass is 483 g/mol. The van der Waals surface area contributed by atoms with Gasteiger partial charge in [-0.25, -0.2) is 4.98 Å². The Labute approximate surface area is 197 Å². The second kappa shape index (κ2) is 9.74. The summed E-state index contributed by atoms with van der Waals surface area (Å²) in [5.74, 6) is -2.78. The second-order valence-electron chi connectivity index (χ2n) is 7.62. The van der Waals surface area contributed by atoms with E-state index < -0.39 is 30.5 Å². The van der Waals surface area contributed by atoms with Gasteiger partial charge in [0.25, 0.3) is 0 Å². The topological polar surface area (TPSA) is 76.3 Å². The Bertz CT molecular complexity index is 1270. The maximum Gasteiger partial charge on any atom is 0.471 e. The van der Waals surface area contributed by atoms with Crippen LogP contribution in [-0.2, 0) is 17.9 Å². The minimum atomic E-state index is -5.17. The number of hydrogen-bond acceptors (Lipinski definition) is 5. The van der Waals surface area contributed by atoms with E-state index >= 15 is 0 Å². The van der Waals surface area contributed by atoms with Gasteiger partial charge in [0, 0.05) is 13.1 Å². The van der Waals surface area contributed by atoms with E-state index in [2.05, 4.69) is 4.98 Å². The van der Waals surface area contributed by atoms with Crippen molar-refractivity contribution < 1.29 is 22.8 Å². The summed E-state index contributed by atoms with van der Waals surface area (Å²) in [5.41, 5.74) is 7.66. The first-order valence-corrected chi connectivity index (χ1v) is 11.2. The van der Waals surface area contributed by atoms with Gasteiger partial charge >= 0.3 is 12.1 Å². The number of para-hydroxylation sites is 1. The Morgan fingerprint density at radius 1 is 0.912 bits per heavy atom. The number of hydrogen-bond donors (Lipinski definition) is 1. The molecule has 0 aliphatic heterocycles. The molecule has 34 heavy (non-hydrogen) atoms. The van der Waals surface area contributed by atoms with Gasteiger partial charge in [0.05, 0.1) is 10.2 Å². The second-order valence-corrected chi connectivity index (χ2v) is 8.65. The molecule has 0 saturated heterocycles. The van der Waals surface area contributed by atoms with Gasteiger partial charge in [-0.15, -0.1) is 11.3 Å². The highest BCUT2D eigenvalue weighted by Crippen LogP contribution is 2.34. The highest BCUT2D eigenvalue weighted by Gasteiger charge is 2.47. The molecule has 0 aliphatic carbocycles. The molecule has 1 heterocycles. The summed E-state index contributed by atoms with van der Waals surface area (Å²) < 4.78 is 41.8. The number of carbonyl (C=O) groups is 2. The van der Waals surface area contributed by atoms with Crippen molar-refractivity contribution in [2.45, 2.75) is 25.3 Å². The minimum Gasteiger partial charge on any atom is -0.326 e. The summed E-state index contributed by atoms with van der Waals surface area (Å²) in [6.07, 6.45) is -5.17. The maximum absolute atomic E-state index is 13.7. The molecule has 174 valence electrons. The van der Waals surface area contributed by atoms with Crippen molar-refractivity contribution >= 4 is 33.2 Å². The van der Waals surface area contributed by atoms with E-state index in [0.29, 0.717) is 16.0 Å². The van der Waals surface area contributed by atoms with Crippen LogP contribution in [0, 0.1) is 0 Å². The van der Waals surface area contributed by atoms with Crippen molar-refractivity contribution in [3.63, 3.8) is 0 Å². The van der Waals surface area contributed by atoms with Crippen LogP contribution < -0.4 is 5.73 Å². The zero-order chi connectivity index (χ0) is 24.3. The number of alkyl halides is 3. The molecule has 5 nitrogen and oxygen atoms in total. The average molecular weight is 484 g/mol. The molecule has 9 heteroatoms. The average Bonchev–Trinajstić information content (AvgIpc) is 3.28. The normalized spacial score (nSPS) is 12.5. The Morgan fingerprint density at radius 2 is 1.56 bits per heavy atom. The van der Waals surface area contributed by atoms with Gasteiger partial charge in [-0.1, -0.05) is 66.7 Å². The number of nitrogens with zero attached hydrogens (tertiary/aromatic N) is 2. The fraction of sp³-hybridized carbons (Fsp3) is 0.160. The molecular formula is C25H20F3N3O2S. The van der Waals surface area contributed by atoms with E-state index in [1.54, 1.807) is 66.7 Å². The first kappa shape index (κ1) is 23.6. The highest BCUT2D eigenvalue weighted by molar-refractivity contribution is 7.20. The molecule has 2 N–H and O–H groups in total. The van der Waals surface area contributed by atoms with Crippen molar-refractivity contribution in [2.24, 2.45) is 5.73 Å². The van der Waals surface area contributed by atoms with Crippen LogP contribution in [0.2, 0.25) is 0 Å². The zero-order valence-electron chi connectivity index (χ0n) is 17.8. The van der Waals surface area contributed by atoms with Crippen LogP contribution in [0.3, 0.4) is 0 Å². The molecule has 3 aromatic carbocycles. The standard InChI is InChI=1S/C25H20F3N3O2S/c26-25(27,28)24(33)31(15-17-6-2-1-3-7-17)21(18-12-10-16(14-29)11-13-18)22(32)23-30-19-8-4-5-9-20(19)34-23/h1-13,21H,14-15,29H2. The molecule has 0 saturated carbocycles. The number of halogens is 3. The summed E-state index contributed by atoms with van der Waals surface area (Å²) in [6.45, 7) is -0.175. The third-order valence-corrected chi connectivity index (χ3v) is 6.35. The third-order valence-electron chi connectivity index (χ3n) is 5.29. The molecule has 0 radical (unpaired) electrons. The number of fused-ring (bicyclic) bond motifs is 1. The molecule has 0 fully saturated rings. The Kier molecular flexibility index (Phi) is 6.76. The minimum absolute atomic E-state index is 0.0298. The van der Waals surface area contributed by atoms with Crippen LogP contribution in [-0.4, -0.2) is 27.8 Å². The van der Waals surface area contributed by atoms with Crippen LogP contribution >= 0.6 is 11.3 Å². The number of benzene rings is 3. The largest absolute Gasteiger partial charge is 0.471 e. The summed E-state index contributed by atoms with van der Waals surface area (Å²) in [7, 11) is 0. The molecule has 4 aromatic rings. The molecule has 1 atom stereocenters. The Hall–Kier alpha value is -3.56. The van der Waals surface area contributed by atoms with Gasteiger partial charge in [-0.2, -0.15) is 13.2 Å². The van der Waals surface area contributed by atoms with Gasteiger partial charge < -0.3 is 10.6 Å². The smallest absolute Gasteiger partial charge is 0.326 e. The van der Waals surface area contributed by atoms with E-state index in [1.807, 2.05) is 0 Å². The molecule has 0 bridgehead atoms. The van der Waals surface area contributed by atoms with E-state index in [1.165, 1.54) is 12.1 Å². The summed E-state index contributed by atoms with van der Waals surface area (Å²) in [6, 6.07) is 20.1. The predicted octanol–water partition coefficient (Wildman–Crippen LogP) is 5.27. The Morgan fingerprint density at radius 3 is 2.18 bits per heavy atom. The SMILES string of the molecule is NCc1ccc(C(C(=O)c2nc3ccccc3s2)N(Cc2ccccc2)C(=O)C(F)(F)F)cc1. The molecule has 0 spiro atoms. The van der Waals surface area contributed by atoms with Crippen LogP contribution in [0.5, 0.6) is 0 Å². The van der Waals surface area contributed by atoms with E-state index in [4.69, 9.17) is 5.73 Å². The van der Waals surface area contributed by atoms with Gasteiger partial charge in [-0.3, -0.25) is 9.59 Å². The zero-order valence-corrected chi connectivity index (χ0v) is 18.6. The summed E-state index contributed by atoms with van der Waals surface area (Å²) in [4.78, 5) is 31.2. The fourth-order valence-corrected chi connectivity index (χ4v) is 4.56. The van der Waals surface area contributed by atoms with Crippen molar-refractivity contribution in [2.75, 3.05) is 0 Å². The molecular weight excluding hydrogens is 463 g/mol. The number of carbonyl (C=O) groups excluding carboxylic acids is 2. The number of Topliss-reactive ketones (excluding diaryl/α,β-unsaturated/α-hetero) is 1. The van der Waals surface area contributed by atoms with Crippen molar-refractivity contribution in [1.29, 1.82) is 0 Å². The molecule has 1 aromatic heterocycles. The summed E-state index contributed by atoms with van der Waals surface area (Å²) >= 11 is 1.08. The van der Waals surface area contributed by atoms with Gasteiger partial charge in [0.15, 0.2) is 5.01 Å². The number of nitrogens with two attached hydrogens (primary N) is 1. The van der Waals surface area contributed by atoms with Crippen LogP contribution in [0.4, 0.5) is 13.2 Å². The molecule has 4 rings (SSSR count). The van der Waals surface area contributed by atoms with Crippen molar-refractivity contribution in [3.05, 3.63) is 101 Å². The Balaban J connectivity index is 1.84. The number of ketones is 1. The van der Waals surface area contributed by atoms with E-state index in [0.717, 1.165) is 21.6 Å². The number of thiazole rings is 1. The predicted molar refractivity (Wildman–Crippen MR) is 124 cm³/mol. The van der Waals surface area contributed by atoms with Crippen LogP contribution in [0.25, 0.3) is 10.2 Å². The summed E-state index contributed by atoms with van der Waals surface area (Å²) in [5, 5.41) is 0.0298. The lowest BCUT2D eigenvalue weighted by atomic mass is 9.98. The van der Waals surface area contributed by atoms with E-state index in [9.17, 15) is 22.8 Å². The lowest BCUT2D eigenvalue weighted by Crippen LogP contribution is -2.45. The van der Waals surface area contributed by atoms with Crippen molar-refractivity contribution in [1.82, 2.24) is 9.88 Å². The van der Waals surface area contributed by atoms with Gasteiger partial charge in [-0.05, 0) is 28.8 Å². The lowest BCUT2D eigenvalue weighted by molar-refractivity contribution is -0.187. The van der Waals surface area contributed by atoms with Gasteiger partial charge in [0.1, 0.15) is 6.04 Å². The van der Waals surface area contributed by atoms with Crippen molar-refractivity contribution in [3.8, 4) is 0 Å². The fourth-order valence-electron chi connectivity index (χ4n) is 3.63. The van der Waals surface area contributed by atoms with Gasteiger partial charge in [0.2, 0.25) is 5.78 Å². The first-order chi connectivity index (χ1) is 16.3. The molecule has 1 amide bonds. The first-order valence-electron chi connectivity index (χ1n) is 10.4. The number of aromatic nitrogens is 1. The lowest BCUT2D eigenvalue weighted by Gasteiger charge is -2.31. The van der Waals surface area contributed by atoms with Crippen LogP contribution in [0.1, 0.15) is 32.5 Å². The van der Waals surface area contributed by atoms with Crippen LogP contribution in [0.15, 0.2) is 78.9 Å².